The number of hydrogen-bond donors (Lipinski definition) is 1. The second kappa shape index (κ2) is 12.3. The summed E-state index contributed by atoms with van der Waals surface area (Å²) in [5.74, 6) is 0.751. The van der Waals surface area contributed by atoms with Crippen LogP contribution in [0.2, 0.25) is 0 Å². The summed E-state index contributed by atoms with van der Waals surface area (Å²) >= 11 is 3.62. The average molecular weight is 621 g/mol. The molecule has 0 saturated heterocycles. The van der Waals surface area contributed by atoms with Crippen molar-refractivity contribution in [3.63, 3.8) is 0 Å². The number of methoxy groups -OCH3 is 3. The zero-order valence-electron chi connectivity index (χ0n) is 24.4. The smallest absolute Gasteiger partial charge is 0.217 e. The normalized spacial score (nSPS) is 15.3. The van der Waals surface area contributed by atoms with Gasteiger partial charge in [-0.3, -0.25) is 0 Å². The summed E-state index contributed by atoms with van der Waals surface area (Å²) in [5.41, 5.74) is 4.66. The Labute approximate surface area is 250 Å². The van der Waals surface area contributed by atoms with Crippen LogP contribution in [0.15, 0.2) is 59.1 Å². The lowest BCUT2D eigenvalue weighted by atomic mass is 9.69. The molecule has 0 amide bonds. The van der Waals surface area contributed by atoms with E-state index in [0.717, 1.165) is 45.8 Å². The minimum absolute atomic E-state index is 0.379. The van der Waals surface area contributed by atoms with Crippen molar-refractivity contribution in [1.29, 1.82) is 0 Å². The lowest BCUT2D eigenvalue weighted by Crippen LogP contribution is -2.38. The Morgan fingerprint density at radius 2 is 1.63 bits per heavy atom. The van der Waals surface area contributed by atoms with Gasteiger partial charge in [0.1, 0.15) is 5.60 Å². The third-order valence-electron chi connectivity index (χ3n) is 8.13. The van der Waals surface area contributed by atoms with Crippen molar-refractivity contribution in [2.45, 2.75) is 43.6 Å². The van der Waals surface area contributed by atoms with Gasteiger partial charge in [0.2, 0.25) is 17.6 Å². The average Bonchev–Trinajstić information content (AvgIpc) is 2.99. The zero-order valence-corrected chi connectivity index (χ0v) is 26.0. The molecule has 2 atom stereocenters. The molecular weight excluding hydrogens is 582 g/mol. The summed E-state index contributed by atoms with van der Waals surface area (Å²) in [4.78, 5) is 11.5. The minimum Gasteiger partial charge on any atom is -0.481 e. The van der Waals surface area contributed by atoms with E-state index in [9.17, 15) is 5.11 Å². The lowest BCUT2D eigenvalue weighted by Gasteiger charge is -2.40. The number of fused-ring (bicyclic) bond motifs is 2. The second-order valence-electron chi connectivity index (χ2n) is 11.0. The van der Waals surface area contributed by atoms with Gasteiger partial charge in [0, 0.05) is 40.0 Å². The van der Waals surface area contributed by atoms with Crippen LogP contribution in [-0.2, 0) is 18.4 Å². The van der Waals surface area contributed by atoms with Gasteiger partial charge in [-0.2, -0.15) is 4.98 Å². The fourth-order valence-corrected chi connectivity index (χ4v) is 6.45. The summed E-state index contributed by atoms with van der Waals surface area (Å²) in [6, 6.07) is 18.3. The summed E-state index contributed by atoms with van der Waals surface area (Å²) in [5, 5.41) is 14.2. The van der Waals surface area contributed by atoms with Crippen molar-refractivity contribution in [2.75, 3.05) is 42.0 Å². The highest BCUT2D eigenvalue weighted by Crippen LogP contribution is 2.50. The Morgan fingerprint density at radius 1 is 0.902 bits per heavy atom. The van der Waals surface area contributed by atoms with E-state index in [1.807, 2.05) is 38.4 Å². The number of aryl methyl sites for hydroxylation is 1. The fraction of sp³-hybridized carbons (Fsp3) is 0.394. The van der Waals surface area contributed by atoms with Crippen LogP contribution in [-0.4, -0.2) is 61.9 Å². The van der Waals surface area contributed by atoms with E-state index < -0.39 is 11.5 Å². The SMILES string of the molecule is COc1cc([C@](O)(CCN(C)C)[C@@H](c2cc3cc(Br)ccc3nc2OC)c2cccc3c2CCCC3)cc(OC)n1. The van der Waals surface area contributed by atoms with Crippen LogP contribution >= 0.6 is 15.9 Å². The van der Waals surface area contributed by atoms with Crippen LogP contribution in [0, 0.1) is 0 Å². The number of aromatic nitrogens is 2. The quantitative estimate of drug-likeness (QED) is 0.224. The number of hydrogen-bond acceptors (Lipinski definition) is 7. The molecule has 0 spiro atoms. The first-order valence-corrected chi connectivity index (χ1v) is 14.8. The topological polar surface area (TPSA) is 76.9 Å². The maximum Gasteiger partial charge on any atom is 0.217 e. The Balaban J connectivity index is 1.86. The lowest BCUT2D eigenvalue weighted by molar-refractivity contribution is 0.00304. The molecule has 0 fully saturated rings. The van der Waals surface area contributed by atoms with E-state index in [-0.39, 0.29) is 0 Å². The molecule has 5 rings (SSSR count). The molecule has 0 bridgehead atoms. The molecule has 1 aliphatic rings. The number of aliphatic hydroxyl groups is 1. The van der Waals surface area contributed by atoms with Gasteiger partial charge < -0.3 is 24.2 Å². The maximum atomic E-state index is 13.2. The van der Waals surface area contributed by atoms with E-state index >= 15 is 0 Å². The van der Waals surface area contributed by atoms with Gasteiger partial charge in [-0.15, -0.1) is 0 Å². The molecule has 2 aromatic carbocycles. The number of nitrogens with zero attached hydrogens (tertiary/aromatic N) is 3. The number of ether oxygens (including phenoxy) is 3. The molecule has 4 aromatic rings. The van der Waals surface area contributed by atoms with Crippen molar-refractivity contribution in [3.8, 4) is 17.6 Å². The van der Waals surface area contributed by atoms with Gasteiger partial charge in [-0.1, -0.05) is 34.1 Å². The number of benzene rings is 2. The van der Waals surface area contributed by atoms with Crippen LogP contribution in [0.1, 0.15) is 53.0 Å². The van der Waals surface area contributed by atoms with Crippen molar-refractivity contribution >= 4 is 26.8 Å². The van der Waals surface area contributed by atoms with E-state index in [4.69, 9.17) is 19.2 Å². The molecule has 0 unspecified atom stereocenters. The summed E-state index contributed by atoms with van der Waals surface area (Å²) < 4.78 is 18.1. The first-order valence-electron chi connectivity index (χ1n) is 14.0. The van der Waals surface area contributed by atoms with Gasteiger partial charge in [0.15, 0.2) is 0 Å². The molecular formula is C33H38BrN3O4. The Morgan fingerprint density at radius 3 is 2.32 bits per heavy atom. The van der Waals surface area contributed by atoms with Crippen molar-refractivity contribution in [3.05, 3.63) is 86.9 Å². The molecule has 0 saturated carbocycles. The molecule has 216 valence electrons. The standard InChI is InChI=1S/C33H38BrN3O4/c1-37(2)16-15-33(38,23-19-29(39-3)36-30(20-23)40-4)31(26-12-8-10-21-9-6-7-11-25(21)26)27-18-22-17-24(34)13-14-28(22)35-32(27)41-5/h8,10,12-14,17-20,31,38H,6-7,9,11,15-16H2,1-5H3/t31-,33-/m1/s1. The van der Waals surface area contributed by atoms with Crippen LogP contribution in [0.25, 0.3) is 10.9 Å². The highest BCUT2D eigenvalue weighted by molar-refractivity contribution is 9.10. The van der Waals surface area contributed by atoms with Gasteiger partial charge in [0.25, 0.3) is 0 Å². The highest BCUT2D eigenvalue weighted by atomic mass is 79.9. The third-order valence-corrected chi connectivity index (χ3v) is 8.62. The fourth-order valence-electron chi connectivity index (χ4n) is 6.07. The summed E-state index contributed by atoms with van der Waals surface area (Å²) in [6.07, 6.45) is 4.71. The maximum absolute atomic E-state index is 13.2. The second-order valence-corrected chi connectivity index (χ2v) is 11.9. The highest BCUT2D eigenvalue weighted by Gasteiger charge is 2.44. The Bertz CT molecular complexity index is 1520. The van der Waals surface area contributed by atoms with Crippen LogP contribution in [0.5, 0.6) is 17.6 Å². The molecule has 41 heavy (non-hydrogen) atoms. The van der Waals surface area contributed by atoms with Crippen LogP contribution in [0.3, 0.4) is 0 Å². The van der Waals surface area contributed by atoms with E-state index in [1.165, 1.54) is 17.5 Å². The molecule has 2 aromatic heterocycles. The monoisotopic (exact) mass is 619 g/mol. The minimum atomic E-state index is -1.39. The van der Waals surface area contributed by atoms with E-state index in [0.29, 0.717) is 36.2 Å². The zero-order chi connectivity index (χ0) is 29.1. The molecule has 2 heterocycles. The Kier molecular flexibility index (Phi) is 8.82. The van der Waals surface area contributed by atoms with Gasteiger partial charge in [0.05, 0.1) is 26.8 Å². The number of pyridine rings is 2. The van der Waals surface area contributed by atoms with Crippen LogP contribution in [0.4, 0.5) is 0 Å². The molecule has 8 heteroatoms. The van der Waals surface area contributed by atoms with Crippen molar-refractivity contribution in [1.82, 2.24) is 14.9 Å². The molecule has 1 N–H and O–H groups in total. The van der Waals surface area contributed by atoms with Gasteiger partial charge in [-0.25, -0.2) is 4.98 Å². The predicted molar refractivity (Wildman–Crippen MR) is 165 cm³/mol. The molecule has 0 aliphatic heterocycles. The molecule has 7 nitrogen and oxygen atoms in total. The predicted octanol–water partition coefficient (Wildman–Crippen LogP) is 6.27. The van der Waals surface area contributed by atoms with Gasteiger partial charge in [-0.05, 0) is 92.7 Å². The van der Waals surface area contributed by atoms with Gasteiger partial charge >= 0.3 is 0 Å². The largest absolute Gasteiger partial charge is 0.481 e. The number of halogens is 1. The Hall–Kier alpha value is -3.20. The molecule has 0 radical (unpaired) electrons. The first kappa shape index (κ1) is 29.3. The summed E-state index contributed by atoms with van der Waals surface area (Å²) in [6.45, 7) is 0.643. The van der Waals surface area contributed by atoms with E-state index in [2.05, 4.69) is 56.1 Å². The molecule has 1 aliphatic carbocycles. The van der Waals surface area contributed by atoms with Crippen molar-refractivity contribution in [2.24, 2.45) is 0 Å². The third kappa shape index (κ3) is 5.92. The first-order chi connectivity index (χ1) is 19.8. The number of rotatable bonds is 10. The van der Waals surface area contributed by atoms with Crippen molar-refractivity contribution < 1.29 is 19.3 Å². The van der Waals surface area contributed by atoms with Crippen LogP contribution < -0.4 is 14.2 Å². The van der Waals surface area contributed by atoms with E-state index in [1.54, 1.807) is 21.3 Å². The summed E-state index contributed by atoms with van der Waals surface area (Å²) in [7, 11) is 8.82.